The van der Waals surface area contributed by atoms with Gasteiger partial charge in [0.1, 0.15) is 12.4 Å². The van der Waals surface area contributed by atoms with E-state index in [1.807, 2.05) is 36.4 Å². The Kier molecular flexibility index (Phi) is 6.43. The van der Waals surface area contributed by atoms with Gasteiger partial charge in [-0.1, -0.05) is 30.3 Å². The summed E-state index contributed by atoms with van der Waals surface area (Å²) in [5, 5.41) is 22.4. The predicted molar refractivity (Wildman–Crippen MR) is 78.6 cm³/mol. The molecular formula is C16H21NO4. The van der Waals surface area contributed by atoms with Crippen LogP contribution in [0.25, 0.3) is 0 Å². The lowest BCUT2D eigenvalue weighted by molar-refractivity contribution is 0.0206. The van der Waals surface area contributed by atoms with Crippen molar-refractivity contribution in [1.29, 1.82) is 0 Å². The van der Waals surface area contributed by atoms with Crippen molar-refractivity contribution in [2.24, 2.45) is 0 Å². The first kappa shape index (κ1) is 15.7. The number of aliphatic hydroxyl groups excluding tert-OH is 2. The Labute approximate surface area is 124 Å². The highest BCUT2D eigenvalue weighted by molar-refractivity contribution is 5.18. The van der Waals surface area contributed by atoms with Gasteiger partial charge in [-0.25, -0.2) is 0 Å². The average molecular weight is 291 g/mol. The number of rotatable bonds is 9. The van der Waals surface area contributed by atoms with Crippen molar-refractivity contribution in [1.82, 2.24) is 5.32 Å². The van der Waals surface area contributed by atoms with Crippen molar-refractivity contribution in [3.05, 3.63) is 60.1 Å². The first-order chi connectivity index (χ1) is 10.3. The van der Waals surface area contributed by atoms with Gasteiger partial charge in [0.15, 0.2) is 0 Å². The molecule has 0 aliphatic carbocycles. The molecule has 5 nitrogen and oxygen atoms in total. The molecule has 0 aliphatic heterocycles. The van der Waals surface area contributed by atoms with E-state index in [9.17, 15) is 10.2 Å². The molecule has 2 aromatic rings. The fraction of sp³-hybridized carbons (Fsp3) is 0.375. The van der Waals surface area contributed by atoms with Crippen LogP contribution in [0.2, 0.25) is 0 Å². The maximum atomic E-state index is 9.87. The Morgan fingerprint density at radius 2 is 1.95 bits per heavy atom. The van der Waals surface area contributed by atoms with E-state index < -0.39 is 6.10 Å². The molecule has 0 aliphatic rings. The third-order valence-corrected chi connectivity index (χ3v) is 3.12. The summed E-state index contributed by atoms with van der Waals surface area (Å²) in [6.07, 6.45) is 0.945. The van der Waals surface area contributed by atoms with Crippen LogP contribution in [-0.2, 0) is 11.3 Å². The molecule has 2 unspecified atom stereocenters. The molecule has 3 N–H and O–H groups in total. The van der Waals surface area contributed by atoms with E-state index in [0.717, 1.165) is 11.3 Å². The second-order valence-corrected chi connectivity index (χ2v) is 4.80. The molecule has 0 fully saturated rings. The van der Waals surface area contributed by atoms with Crippen molar-refractivity contribution >= 4 is 0 Å². The van der Waals surface area contributed by atoms with Crippen LogP contribution in [0, 0.1) is 0 Å². The van der Waals surface area contributed by atoms with E-state index in [-0.39, 0.29) is 19.3 Å². The van der Waals surface area contributed by atoms with E-state index in [0.29, 0.717) is 13.2 Å². The summed E-state index contributed by atoms with van der Waals surface area (Å²) in [6, 6.07) is 13.1. The largest absolute Gasteiger partial charge is 0.467 e. The summed E-state index contributed by atoms with van der Waals surface area (Å²) < 4.78 is 10.5. The highest BCUT2D eigenvalue weighted by atomic mass is 16.5. The van der Waals surface area contributed by atoms with Crippen molar-refractivity contribution in [2.45, 2.75) is 18.8 Å². The Morgan fingerprint density at radius 1 is 1.14 bits per heavy atom. The molecule has 5 heteroatoms. The molecule has 21 heavy (non-hydrogen) atoms. The van der Waals surface area contributed by atoms with Crippen molar-refractivity contribution in [3.8, 4) is 0 Å². The normalized spacial score (nSPS) is 14.0. The summed E-state index contributed by atoms with van der Waals surface area (Å²) in [5.74, 6) is 0.729. The molecule has 0 radical (unpaired) electrons. The lowest BCUT2D eigenvalue weighted by atomic mass is 10.1. The van der Waals surface area contributed by atoms with Crippen LogP contribution < -0.4 is 5.32 Å². The van der Waals surface area contributed by atoms with Crippen molar-refractivity contribution in [3.63, 3.8) is 0 Å². The Bertz CT molecular complexity index is 486. The van der Waals surface area contributed by atoms with E-state index in [2.05, 4.69) is 5.32 Å². The predicted octanol–water partition coefficient (Wildman–Crippen LogP) is 1.48. The highest BCUT2D eigenvalue weighted by Crippen LogP contribution is 2.11. The van der Waals surface area contributed by atoms with Crippen LogP contribution >= 0.6 is 0 Å². The minimum Gasteiger partial charge on any atom is -0.467 e. The van der Waals surface area contributed by atoms with E-state index in [1.54, 1.807) is 12.3 Å². The van der Waals surface area contributed by atoms with Gasteiger partial charge < -0.3 is 24.7 Å². The minimum absolute atomic E-state index is 0.0238. The lowest BCUT2D eigenvalue weighted by Gasteiger charge is -2.19. The van der Waals surface area contributed by atoms with Crippen LogP contribution in [0.15, 0.2) is 53.1 Å². The van der Waals surface area contributed by atoms with Gasteiger partial charge in [0.2, 0.25) is 0 Å². The van der Waals surface area contributed by atoms with Gasteiger partial charge in [-0.15, -0.1) is 0 Å². The third kappa shape index (κ3) is 5.32. The SMILES string of the molecule is OCC(NCC(O)COCc1ccco1)c1ccccc1. The summed E-state index contributed by atoms with van der Waals surface area (Å²) in [6.45, 7) is 0.870. The molecule has 2 rings (SSSR count). The number of hydrogen-bond donors (Lipinski definition) is 3. The number of ether oxygens (including phenoxy) is 1. The van der Waals surface area contributed by atoms with Gasteiger partial charge in [0, 0.05) is 6.54 Å². The Morgan fingerprint density at radius 3 is 2.62 bits per heavy atom. The second-order valence-electron chi connectivity index (χ2n) is 4.80. The Balaban J connectivity index is 1.68. The molecule has 1 aromatic carbocycles. The zero-order valence-electron chi connectivity index (χ0n) is 11.8. The molecule has 0 amide bonds. The summed E-state index contributed by atoms with van der Waals surface area (Å²) >= 11 is 0. The molecule has 2 atom stereocenters. The molecule has 0 saturated carbocycles. The van der Waals surface area contributed by atoms with Gasteiger partial charge in [-0.05, 0) is 17.7 Å². The second kappa shape index (κ2) is 8.59. The number of benzene rings is 1. The first-order valence-electron chi connectivity index (χ1n) is 6.97. The fourth-order valence-corrected chi connectivity index (χ4v) is 2.00. The first-order valence-corrected chi connectivity index (χ1v) is 6.97. The topological polar surface area (TPSA) is 74.9 Å². The summed E-state index contributed by atoms with van der Waals surface area (Å²) in [7, 11) is 0. The average Bonchev–Trinajstić information content (AvgIpc) is 3.02. The molecule has 114 valence electrons. The maximum absolute atomic E-state index is 9.87. The molecule has 0 spiro atoms. The van der Waals surface area contributed by atoms with E-state index in [1.165, 1.54) is 0 Å². The zero-order valence-corrected chi connectivity index (χ0v) is 11.8. The molecule has 1 heterocycles. The summed E-state index contributed by atoms with van der Waals surface area (Å²) in [5.41, 5.74) is 0.990. The number of hydrogen-bond acceptors (Lipinski definition) is 5. The van der Waals surface area contributed by atoms with Gasteiger partial charge in [-0.3, -0.25) is 0 Å². The van der Waals surface area contributed by atoms with Gasteiger partial charge in [0.25, 0.3) is 0 Å². The van der Waals surface area contributed by atoms with Gasteiger partial charge in [-0.2, -0.15) is 0 Å². The third-order valence-electron chi connectivity index (χ3n) is 3.12. The van der Waals surface area contributed by atoms with Crippen LogP contribution in [0.4, 0.5) is 0 Å². The van der Waals surface area contributed by atoms with Crippen LogP contribution in [-0.4, -0.2) is 36.1 Å². The molecular weight excluding hydrogens is 270 g/mol. The van der Waals surface area contributed by atoms with Crippen molar-refractivity contribution < 1.29 is 19.4 Å². The Hall–Kier alpha value is -1.66. The lowest BCUT2D eigenvalue weighted by Crippen LogP contribution is -2.34. The summed E-state index contributed by atoms with van der Waals surface area (Å²) in [4.78, 5) is 0. The highest BCUT2D eigenvalue weighted by Gasteiger charge is 2.12. The quantitative estimate of drug-likeness (QED) is 0.652. The molecule has 1 aromatic heterocycles. The van der Waals surface area contributed by atoms with E-state index >= 15 is 0 Å². The smallest absolute Gasteiger partial charge is 0.129 e. The van der Waals surface area contributed by atoms with E-state index in [4.69, 9.17) is 9.15 Å². The standard InChI is InChI=1S/C16H21NO4/c18-10-16(13-5-2-1-3-6-13)17-9-14(19)11-20-12-15-7-4-8-21-15/h1-8,14,16-19H,9-12H2. The number of nitrogens with one attached hydrogen (secondary N) is 1. The zero-order chi connectivity index (χ0) is 14.9. The monoisotopic (exact) mass is 291 g/mol. The van der Waals surface area contributed by atoms with Crippen molar-refractivity contribution in [2.75, 3.05) is 19.8 Å². The minimum atomic E-state index is -0.641. The van der Waals surface area contributed by atoms with Crippen LogP contribution in [0.1, 0.15) is 17.4 Å². The number of aliphatic hydroxyl groups is 2. The fourth-order valence-electron chi connectivity index (χ4n) is 2.00. The number of furan rings is 1. The van der Waals surface area contributed by atoms with Gasteiger partial charge >= 0.3 is 0 Å². The van der Waals surface area contributed by atoms with Crippen LogP contribution in [0.5, 0.6) is 0 Å². The maximum Gasteiger partial charge on any atom is 0.129 e. The van der Waals surface area contributed by atoms with Gasteiger partial charge in [0.05, 0.1) is 31.6 Å². The molecule has 0 saturated heterocycles. The molecule has 0 bridgehead atoms. The van der Waals surface area contributed by atoms with Crippen LogP contribution in [0.3, 0.4) is 0 Å².